The summed E-state index contributed by atoms with van der Waals surface area (Å²) in [4.78, 5) is 12.0. The van der Waals surface area contributed by atoms with Gasteiger partial charge in [0.15, 0.2) is 6.61 Å². The first-order valence-electron chi connectivity index (χ1n) is 9.22. The third-order valence-corrected chi connectivity index (χ3v) is 5.30. The van der Waals surface area contributed by atoms with Crippen LogP contribution in [0.2, 0.25) is 0 Å². The van der Waals surface area contributed by atoms with Crippen LogP contribution in [-0.4, -0.2) is 48.6 Å². The molecular weight excluding hydrogens is 464 g/mol. The van der Waals surface area contributed by atoms with E-state index in [-0.39, 0.29) is 12.3 Å². The molecule has 0 saturated heterocycles. The van der Waals surface area contributed by atoms with Gasteiger partial charge in [0, 0.05) is 0 Å². The molecule has 0 radical (unpaired) electrons. The zero-order chi connectivity index (χ0) is 24.5. The molecule has 14 heteroatoms. The quantitative estimate of drug-likeness (QED) is 0.259. The fourth-order valence-electron chi connectivity index (χ4n) is 3.36. The lowest BCUT2D eigenvalue weighted by Gasteiger charge is -2.39. The summed E-state index contributed by atoms with van der Waals surface area (Å²) in [5.74, 6) is -38.7. The Morgan fingerprint density at radius 1 is 0.839 bits per heavy atom. The molecule has 31 heavy (non-hydrogen) atoms. The summed E-state index contributed by atoms with van der Waals surface area (Å²) in [6, 6.07) is 0. The van der Waals surface area contributed by atoms with E-state index in [0.717, 1.165) is 6.42 Å². The van der Waals surface area contributed by atoms with Gasteiger partial charge in [-0.1, -0.05) is 26.2 Å². The molecule has 0 spiro atoms. The van der Waals surface area contributed by atoms with Gasteiger partial charge >= 0.3 is 42.0 Å². The third-order valence-electron chi connectivity index (χ3n) is 5.30. The van der Waals surface area contributed by atoms with E-state index in [2.05, 4.69) is 4.74 Å². The Labute approximate surface area is 169 Å². The van der Waals surface area contributed by atoms with Gasteiger partial charge in [0.2, 0.25) is 0 Å². The Bertz CT molecular complexity index is 614. The number of hydrogen-bond donors (Lipinski definition) is 0. The molecular formula is C17H20F12O2. The second kappa shape index (κ2) is 9.24. The molecule has 1 aliphatic carbocycles. The number of rotatable bonds is 10. The van der Waals surface area contributed by atoms with E-state index in [0.29, 0.717) is 25.7 Å². The molecule has 1 unspecified atom stereocenters. The van der Waals surface area contributed by atoms with Gasteiger partial charge in [-0.25, -0.2) is 8.78 Å². The van der Waals surface area contributed by atoms with Crippen LogP contribution in [0.1, 0.15) is 45.4 Å². The van der Waals surface area contributed by atoms with Gasteiger partial charge in [-0.15, -0.1) is 0 Å². The average Bonchev–Trinajstić information content (AvgIpc) is 2.67. The van der Waals surface area contributed by atoms with Crippen molar-refractivity contribution in [2.75, 3.05) is 6.61 Å². The molecule has 1 aliphatic rings. The van der Waals surface area contributed by atoms with Crippen LogP contribution in [0, 0.1) is 11.8 Å². The summed E-state index contributed by atoms with van der Waals surface area (Å²) in [5.41, 5.74) is 0. The van der Waals surface area contributed by atoms with Crippen molar-refractivity contribution in [3.8, 4) is 0 Å². The number of alkyl halides is 12. The summed E-state index contributed by atoms with van der Waals surface area (Å²) in [5, 5.41) is 0. The number of esters is 1. The molecule has 0 aromatic heterocycles. The van der Waals surface area contributed by atoms with Gasteiger partial charge in [-0.3, -0.25) is 4.79 Å². The van der Waals surface area contributed by atoms with Crippen LogP contribution in [0.4, 0.5) is 52.7 Å². The Hall–Kier alpha value is -1.37. The van der Waals surface area contributed by atoms with Crippen molar-refractivity contribution in [2.24, 2.45) is 11.8 Å². The second-order valence-corrected chi connectivity index (χ2v) is 7.37. The first-order valence-corrected chi connectivity index (χ1v) is 9.22. The number of halogens is 12. The first kappa shape index (κ1) is 27.7. The highest BCUT2D eigenvalue weighted by molar-refractivity contribution is 5.72. The molecule has 0 aliphatic heterocycles. The SMILES string of the molecule is CCC(C(=O)OCC(F)(F)C(F)(F)C(F)(F)C(F)(F)C(F)(F)C(F)F)C1CCCCC1. The Balaban J connectivity index is 3.05. The largest absolute Gasteiger partial charge is 0.459 e. The molecule has 184 valence electrons. The van der Waals surface area contributed by atoms with Crippen molar-refractivity contribution >= 4 is 5.97 Å². The van der Waals surface area contributed by atoms with Crippen molar-refractivity contribution in [3.05, 3.63) is 0 Å². The van der Waals surface area contributed by atoms with Crippen molar-refractivity contribution < 1.29 is 62.2 Å². The van der Waals surface area contributed by atoms with Crippen LogP contribution in [0.25, 0.3) is 0 Å². The topological polar surface area (TPSA) is 26.3 Å². The maximum Gasteiger partial charge on any atom is 0.384 e. The predicted octanol–water partition coefficient (Wildman–Crippen LogP) is 6.58. The fourth-order valence-corrected chi connectivity index (χ4v) is 3.36. The molecule has 0 heterocycles. The smallest absolute Gasteiger partial charge is 0.384 e. The van der Waals surface area contributed by atoms with E-state index < -0.39 is 54.5 Å². The summed E-state index contributed by atoms with van der Waals surface area (Å²) >= 11 is 0. The zero-order valence-electron chi connectivity index (χ0n) is 16.0. The van der Waals surface area contributed by atoms with Crippen LogP contribution >= 0.6 is 0 Å². The minimum absolute atomic E-state index is 0.0142. The standard InChI is InChI=1S/C17H20F12O2/c1-2-10(9-6-4-3-5-7-9)11(30)31-8-13(20,21)15(24,25)17(28,29)16(26,27)14(22,23)12(18)19/h9-10,12H,2-8H2,1H3. The molecule has 1 atom stereocenters. The normalized spacial score (nSPS) is 18.9. The maximum atomic E-state index is 13.7. The molecule has 0 aromatic rings. The van der Waals surface area contributed by atoms with Gasteiger partial charge in [0.1, 0.15) is 0 Å². The third kappa shape index (κ3) is 4.86. The lowest BCUT2D eigenvalue weighted by Crippen LogP contribution is -2.69. The highest BCUT2D eigenvalue weighted by Crippen LogP contribution is 2.58. The van der Waals surface area contributed by atoms with Crippen molar-refractivity contribution in [3.63, 3.8) is 0 Å². The minimum atomic E-state index is -7.62. The summed E-state index contributed by atoms with van der Waals surface area (Å²) in [6.07, 6.45) is -2.39. The van der Waals surface area contributed by atoms with Crippen LogP contribution in [-0.2, 0) is 9.53 Å². The lowest BCUT2D eigenvalue weighted by atomic mass is 9.79. The minimum Gasteiger partial charge on any atom is -0.459 e. The van der Waals surface area contributed by atoms with E-state index in [1.165, 1.54) is 6.92 Å². The highest BCUT2D eigenvalue weighted by atomic mass is 19.4. The molecule has 0 N–H and O–H groups in total. The van der Waals surface area contributed by atoms with Gasteiger partial charge < -0.3 is 4.74 Å². The molecule has 1 fully saturated rings. The van der Waals surface area contributed by atoms with Gasteiger partial charge in [0.05, 0.1) is 5.92 Å². The summed E-state index contributed by atoms with van der Waals surface area (Å²) in [6.45, 7) is -1.40. The fraction of sp³-hybridized carbons (Fsp3) is 0.941. The Morgan fingerprint density at radius 3 is 1.74 bits per heavy atom. The van der Waals surface area contributed by atoms with Gasteiger partial charge in [0.25, 0.3) is 0 Å². The molecule has 0 bridgehead atoms. The first-order chi connectivity index (χ1) is 13.9. The number of ether oxygens (including phenoxy) is 1. The zero-order valence-corrected chi connectivity index (χ0v) is 16.0. The average molecular weight is 484 g/mol. The molecule has 1 saturated carbocycles. The highest BCUT2D eigenvalue weighted by Gasteiger charge is 2.87. The molecule has 0 amide bonds. The van der Waals surface area contributed by atoms with E-state index in [1.54, 1.807) is 0 Å². The van der Waals surface area contributed by atoms with Gasteiger partial charge in [-0.2, -0.15) is 43.9 Å². The van der Waals surface area contributed by atoms with Crippen molar-refractivity contribution in [2.45, 2.75) is 81.5 Å². The summed E-state index contributed by atoms with van der Waals surface area (Å²) < 4.78 is 161. The van der Waals surface area contributed by atoms with Crippen LogP contribution in [0.3, 0.4) is 0 Å². The van der Waals surface area contributed by atoms with Crippen molar-refractivity contribution in [1.29, 1.82) is 0 Å². The lowest BCUT2D eigenvalue weighted by molar-refractivity contribution is -0.414. The van der Waals surface area contributed by atoms with Crippen LogP contribution in [0.15, 0.2) is 0 Å². The number of carbonyl (C=O) groups is 1. The monoisotopic (exact) mass is 484 g/mol. The molecule has 2 nitrogen and oxygen atoms in total. The van der Waals surface area contributed by atoms with Crippen molar-refractivity contribution in [1.82, 2.24) is 0 Å². The molecule has 1 rings (SSSR count). The second-order valence-electron chi connectivity index (χ2n) is 7.37. The Morgan fingerprint density at radius 2 is 1.32 bits per heavy atom. The van der Waals surface area contributed by atoms with Gasteiger partial charge in [-0.05, 0) is 25.2 Å². The van der Waals surface area contributed by atoms with E-state index in [1.807, 2.05) is 0 Å². The summed E-state index contributed by atoms with van der Waals surface area (Å²) in [7, 11) is 0. The maximum absolute atomic E-state index is 13.7. The molecule has 0 aromatic carbocycles. The number of carbonyl (C=O) groups excluding carboxylic acids is 1. The van der Waals surface area contributed by atoms with Crippen LogP contribution in [0.5, 0.6) is 0 Å². The number of hydrogen-bond acceptors (Lipinski definition) is 2. The van der Waals surface area contributed by atoms with E-state index >= 15 is 0 Å². The van der Waals surface area contributed by atoms with E-state index in [9.17, 15) is 57.5 Å². The van der Waals surface area contributed by atoms with E-state index in [4.69, 9.17) is 0 Å². The predicted molar refractivity (Wildman–Crippen MR) is 82.1 cm³/mol. The Kier molecular flexibility index (Phi) is 8.25. The van der Waals surface area contributed by atoms with Crippen LogP contribution < -0.4 is 0 Å².